The minimum absolute atomic E-state index is 0.0236. The summed E-state index contributed by atoms with van der Waals surface area (Å²) in [6.07, 6.45) is -0.0472. The lowest BCUT2D eigenvalue weighted by Crippen LogP contribution is -2.47. The number of ether oxygens (including phenoxy) is 4. The van der Waals surface area contributed by atoms with Gasteiger partial charge in [-0.3, -0.25) is 0 Å². The summed E-state index contributed by atoms with van der Waals surface area (Å²) >= 11 is 0. The third kappa shape index (κ3) is 1.98. The van der Waals surface area contributed by atoms with Gasteiger partial charge in [-0.1, -0.05) is 0 Å². The molecule has 1 aromatic carbocycles. The molecule has 4 nitrogen and oxygen atoms in total. The molecule has 110 valence electrons. The van der Waals surface area contributed by atoms with Crippen molar-refractivity contribution in [1.82, 2.24) is 0 Å². The lowest BCUT2D eigenvalue weighted by Gasteiger charge is -2.41. The number of rotatable bonds is 0. The van der Waals surface area contributed by atoms with Crippen LogP contribution in [0, 0.1) is 0 Å². The van der Waals surface area contributed by atoms with Gasteiger partial charge in [0, 0.05) is 12.1 Å². The maximum Gasteiger partial charge on any atom is 0.166 e. The van der Waals surface area contributed by atoms with Crippen LogP contribution in [0.4, 0.5) is 0 Å². The second-order valence-corrected chi connectivity index (χ2v) is 6.68. The van der Waals surface area contributed by atoms with Gasteiger partial charge in [-0.25, -0.2) is 0 Å². The van der Waals surface area contributed by atoms with Crippen LogP contribution in [0.25, 0.3) is 0 Å². The van der Waals surface area contributed by atoms with Gasteiger partial charge in [-0.15, -0.1) is 0 Å². The monoisotopic (exact) mass is 278 g/mol. The van der Waals surface area contributed by atoms with Crippen LogP contribution in [0.15, 0.2) is 12.1 Å². The van der Waals surface area contributed by atoms with Crippen LogP contribution in [0.3, 0.4) is 0 Å². The van der Waals surface area contributed by atoms with Crippen LogP contribution >= 0.6 is 0 Å². The van der Waals surface area contributed by atoms with E-state index in [-0.39, 0.29) is 23.4 Å². The SMILES string of the molecule is CC1Oc2cc3c(cc2OC1(C)C)OC(C)C(C)(C)O3. The van der Waals surface area contributed by atoms with Gasteiger partial charge in [-0.2, -0.15) is 0 Å². The molecular weight excluding hydrogens is 256 g/mol. The molecule has 0 fully saturated rings. The van der Waals surface area contributed by atoms with Gasteiger partial charge in [0.25, 0.3) is 0 Å². The molecule has 2 heterocycles. The summed E-state index contributed by atoms with van der Waals surface area (Å²) in [6, 6.07) is 3.73. The molecular formula is C16H22O4. The first kappa shape index (κ1) is 13.4. The van der Waals surface area contributed by atoms with Crippen LogP contribution < -0.4 is 18.9 Å². The minimum Gasteiger partial charge on any atom is -0.483 e. The van der Waals surface area contributed by atoms with E-state index in [9.17, 15) is 0 Å². The maximum absolute atomic E-state index is 6.02. The molecule has 0 N–H and O–H groups in total. The summed E-state index contributed by atoms with van der Waals surface area (Å²) < 4.78 is 23.9. The van der Waals surface area contributed by atoms with Crippen molar-refractivity contribution in [2.75, 3.05) is 0 Å². The lowest BCUT2D eigenvalue weighted by molar-refractivity contribution is -0.0438. The number of benzene rings is 1. The largest absolute Gasteiger partial charge is 0.483 e. The summed E-state index contributed by atoms with van der Waals surface area (Å²) in [7, 11) is 0. The standard InChI is InChI=1S/C16H22O4/c1-9-15(3,4)19-13-8-12-14(7-11(13)17-9)20-16(5,6)10(2)18-12/h7-10H,1-6H3. The van der Waals surface area contributed by atoms with Crippen LogP contribution in [0.2, 0.25) is 0 Å². The van der Waals surface area contributed by atoms with Crippen LogP contribution in [-0.4, -0.2) is 23.4 Å². The number of fused-ring (bicyclic) bond motifs is 2. The lowest BCUT2D eigenvalue weighted by atomic mass is 10.00. The predicted molar refractivity (Wildman–Crippen MR) is 76.0 cm³/mol. The van der Waals surface area contributed by atoms with E-state index in [0.717, 1.165) is 0 Å². The van der Waals surface area contributed by atoms with E-state index in [1.165, 1.54) is 0 Å². The van der Waals surface area contributed by atoms with Gasteiger partial charge >= 0.3 is 0 Å². The van der Waals surface area contributed by atoms with Crippen molar-refractivity contribution in [1.29, 1.82) is 0 Å². The highest BCUT2D eigenvalue weighted by Crippen LogP contribution is 2.48. The average Bonchev–Trinajstić information content (AvgIpc) is 2.30. The van der Waals surface area contributed by atoms with Gasteiger partial charge < -0.3 is 18.9 Å². The molecule has 0 spiro atoms. The van der Waals surface area contributed by atoms with Gasteiger partial charge in [0.1, 0.15) is 23.4 Å². The smallest absolute Gasteiger partial charge is 0.166 e. The van der Waals surface area contributed by atoms with E-state index >= 15 is 0 Å². The number of hydrogen-bond acceptors (Lipinski definition) is 4. The molecule has 3 rings (SSSR count). The zero-order valence-electron chi connectivity index (χ0n) is 12.9. The third-order valence-electron chi connectivity index (χ3n) is 4.32. The van der Waals surface area contributed by atoms with Crippen molar-refractivity contribution in [3.8, 4) is 23.0 Å². The van der Waals surface area contributed by atoms with Gasteiger partial charge in [0.2, 0.25) is 0 Å². The Balaban J connectivity index is 2.02. The zero-order chi connectivity index (χ0) is 14.7. The topological polar surface area (TPSA) is 36.9 Å². The Morgan fingerprint density at radius 1 is 0.700 bits per heavy atom. The summed E-state index contributed by atoms with van der Waals surface area (Å²) in [6.45, 7) is 12.1. The van der Waals surface area contributed by atoms with Crippen molar-refractivity contribution in [2.24, 2.45) is 0 Å². The van der Waals surface area contributed by atoms with E-state index in [4.69, 9.17) is 18.9 Å². The van der Waals surface area contributed by atoms with Crippen molar-refractivity contribution in [3.63, 3.8) is 0 Å². The van der Waals surface area contributed by atoms with Crippen LogP contribution in [0.1, 0.15) is 41.5 Å². The van der Waals surface area contributed by atoms with E-state index in [1.807, 2.05) is 53.7 Å². The van der Waals surface area contributed by atoms with Gasteiger partial charge in [0.05, 0.1) is 0 Å². The molecule has 2 aliphatic heterocycles. The summed E-state index contributed by atoms with van der Waals surface area (Å²) in [5, 5.41) is 0. The Labute approximate surface area is 120 Å². The van der Waals surface area contributed by atoms with Crippen molar-refractivity contribution >= 4 is 0 Å². The van der Waals surface area contributed by atoms with Gasteiger partial charge in [0.15, 0.2) is 23.0 Å². The quantitative estimate of drug-likeness (QED) is 0.727. The molecule has 0 saturated heterocycles. The molecule has 0 radical (unpaired) electrons. The molecule has 0 bridgehead atoms. The van der Waals surface area contributed by atoms with E-state index in [1.54, 1.807) is 0 Å². The molecule has 0 saturated carbocycles. The molecule has 2 unspecified atom stereocenters. The second-order valence-electron chi connectivity index (χ2n) is 6.68. The van der Waals surface area contributed by atoms with E-state index in [0.29, 0.717) is 23.0 Å². The first-order valence-electron chi connectivity index (χ1n) is 7.08. The minimum atomic E-state index is -0.359. The Morgan fingerprint density at radius 2 is 1.05 bits per heavy atom. The predicted octanol–water partition coefficient (Wildman–Crippen LogP) is 3.56. The zero-order valence-corrected chi connectivity index (χ0v) is 12.9. The molecule has 2 atom stereocenters. The first-order chi connectivity index (χ1) is 9.19. The third-order valence-corrected chi connectivity index (χ3v) is 4.32. The van der Waals surface area contributed by atoms with E-state index < -0.39 is 0 Å². The maximum atomic E-state index is 6.02. The molecule has 0 amide bonds. The Morgan fingerprint density at radius 3 is 1.40 bits per heavy atom. The Bertz CT molecular complexity index is 498. The molecule has 2 aliphatic rings. The molecule has 0 aliphatic carbocycles. The summed E-state index contributed by atoms with van der Waals surface area (Å²) in [5.74, 6) is 2.85. The molecule has 20 heavy (non-hydrogen) atoms. The average molecular weight is 278 g/mol. The van der Waals surface area contributed by atoms with Crippen LogP contribution in [0.5, 0.6) is 23.0 Å². The van der Waals surface area contributed by atoms with Crippen LogP contribution in [-0.2, 0) is 0 Å². The summed E-state index contributed by atoms with van der Waals surface area (Å²) in [4.78, 5) is 0. The normalized spacial score (nSPS) is 28.9. The first-order valence-corrected chi connectivity index (χ1v) is 7.08. The van der Waals surface area contributed by atoms with Crippen molar-refractivity contribution in [3.05, 3.63) is 12.1 Å². The highest BCUT2D eigenvalue weighted by molar-refractivity contribution is 5.56. The Hall–Kier alpha value is -1.58. The fourth-order valence-corrected chi connectivity index (χ4v) is 2.26. The fourth-order valence-electron chi connectivity index (χ4n) is 2.26. The number of hydrogen-bond donors (Lipinski definition) is 0. The van der Waals surface area contributed by atoms with Gasteiger partial charge in [-0.05, 0) is 41.5 Å². The van der Waals surface area contributed by atoms with Crippen molar-refractivity contribution in [2.45, 2.75) is 65.0 Å². The van der Waals surface area contributed by atoms with E-state index in [2.05, 4.69) is 0 Å². The summed E-state index contributed by atoms with van der Waals surface area (Å²) in [5.41, 5.74) is -0.719. The second kappa shape index (κ2) is 3.96. The highest BCUT2D eigenvalue weighted by Gasteiger charge is 2.40. The van der Waals surface area contributed by atoms with Crippen molar-refractivity contribution < 1.29 is 18.9 Å². The highest BCUT2D eigenvalue weighted by atomic mass is 16.6. The molecule has 0 aromatic heterocycles. The fraction of sp³-hybridized carbons (Fsp3) is 0.625. The molecule has 4 heteroatoms. The molecule has 1 aromatic rings. The Kier molecular flexibility index (Phi) is 2.66.